The predicted octanol–water partition coefficient (Wildman–Crippen LogP) is 3.46. The first-order chi connectivity index (χ1) is 10.8. The quantitative estimate of drug-likeness (QED) is 0.743. The minimum absolute atomic E-state index is 0.116. The first-order valence-electron chi connectivity index (χ1n) is 9.73. The van der Waals surface area contributed by atoms with Crippen LogP contribution in [0.5, 0.6) is 0 Å². The summed E-state index contributed by atoms with van der Waals surface area (Å²) in [6, 6.07) is 0.443. The fourth-order valence-electron chi connectivity index (χ4n) is 7.49. The van der Waals surface area contributed by atoms with Gasteiger partial charge in [0.1, 0.15) is 0 Å². The molecule has 1 saturated heterocycles. The van der Waals surface area contributed by atoms with Gasteiger partial charge in [0, 0.05) is 19.5 Å². The van der Waals surface area contributed by atoms with E-state index in [2.05, 4.69) is 25.7 Å². The molecule has 0 radical (unpaired) electrons. The smallest absolute Gasteiger partial charge is 0.222 e. The van der Waals surface area contributed by atoms with Crippen molar-refractivity contribution in [3.8, 4) is 0 Å². The number of aliphatic hydroxyl groups excluding tert-OH is 1. The number of likely N-dealkylation sites (tertiary alicyclic amines) is 1. The fourth-order valence-corrected chi connectivity index (χ4v) is 7.49. The highest BCUT2D eigenvalue weighted by Gasteiger charge is 2.62. The molecule has 3 saturated carbocycles. The summed E-state index contributed by atoms with van der Waals surface area (Å²) in [5, 5.41) is 10.8. The van der Waals surface area contributed by atoms with Crippen LogP contribution in [0.3, 0.4) is 0 Å². The average molecular weight is 319 g/mol. The van der Waals surface area contributed by atoms with Gasteiger partial charge in [0.05, 0.1) is 6.10 Å². The van der Waals surface area contributed by atoms with Crippen LogP contribution >= 0.6 is 0 Å². The summed E-state index contributed by atoms with van der Waals surface area (Å²) in [5.41, 5.74) is 0.434. The first-order valence-corrected chi connectivity index (χ1v) is 9.73. The van der Waals surface area contributed by atoms with Crippen molar-refractivity contribution in [2.45, 2.75) is 77.9 Å². The van der Waals surface area contributed by atoms with Crippen molar-refractivity contribution in [1.82, 2.24) is 4.90 Å². The molecule has 1 aliphatic heterocycles. The van der Waals surface area contributed by atoms with Gasteiger partial charge < -0.3 is 10.0 Å². The van der Waals surface area contributed by atoms with Crippen LogP contribution in [-0.4, -0.2) is 35.1 Å². The van der Waals surface area contributed by atoms with Crippen molar-refractivity contribution >= 4 is 5.91 Å². The van der Waals surface area contributed by atoms with Crippen molar-refractivity contribution in [3.05, 3.63) is 0 Å². The van der Waals surface area contributed by atoms with E-state index >= 15 is 0 Å². The molecule has 0 aromatic rings. The number of carbonyl (C=O) groups is 1. The molecule has 4 rings (SSSR count). The van der Waals surface area contributed by atoms with Crippen LogP contribution in [0.15, 0.2) is 0 Å². The number of carbonyl (C=O) groups excluding carboxylic acids is 1. The van der Waals surface area contributed by atoms with Gasteiger partial charge in [0.25, 0.3) is 0 Å². The molecule has 4 fully saturated rings. The molecule has 3 heteroatoms. The molecule has 3 nitrogen and oxygen atoms in total. The number of hydrogen-bond acceptors (Lipinski definition) is 2. The van der Waals surface area contributed by atoms with Gasteiger partial charge in [-0.3, -0.25) is 4.79 Å². The van der Waals surface area contributed by atoms with Crippen LogP contribution in [0.1, 0.15) is 65.7 Å². The Morgan fingerprint density at radius 3 is 2.57 bits per heavy atom. The number of amides is 1. The molecule has 8 atom stereocenters. The van der Waals surface area contributed by atoms with Crippen LogP contribution in [0.4, 0.5) is 0 Å². The highest BCUT2D eigenvalue weighted by Crippen LogP contribution is 2.65. The Kier molecular flexibility index (Phi) is 3.44. The zero-order chi connectivity index (χ0) is 16.6. The topological polar surface area (TPSA) is 40.5 Å². The van der Waals surface area contributed by atoms with E-state index in [0.29, 0.717) is 29.2 Å². The maximum Gasteiger partial charge on any atom is 0.222 e. The molecule has 0 spiro atoms. The molecule has 4 aliphatic rings. The van der Waals surface area contributed by atoms with Gasteiger partial charge in [-0.25, -0.2) is 0 Å². The molecule has 1 heterocycles. The van der Waals surface area contributed by atoms with E-state index in [1.807, 2.05) is 7.05 Å². The molecule has 130 valence electrons. The van der Waals surface area contributed by atoms with Gasteiger partial charge in [-0.1, -0.05) is 20.8 Å². The monoisotopic (exact) mass is 319 g/mol. The Balaban J connectivity index is 1.66. The maximum atomic E-state index is 12.2. The Labute approximate surface area is 140 Å². The van der Waals surface area contributed by atoms with Gasteiger partial charge >= 0.3 is 0 Å². The van der Waals surface area contributed by atoms with E-state index in [9.17, 15) is 9.90 Å². The van der Waals surface area contributed by atoms with Crippen molar-refractivity contribution in [2.24, 2.45) is 34.5 Å². The highest BCUT2D eigenvalue weighted by atomic mass is 16.3. The number of piperidine rings is 1. The molecule has 1 amide bonds. The number of nitrogens with zero attached hydrogens (tertiary/aromatic N) is 1. The van der Waals surface area contributed by atoms with Crippen molar-refractivity contribution < 1.29 is 9.90 Å². The molecule has 0 aromatic carbocycles. The Bertz CT molecular complexity index is 520. The largest absolute Gasteiger partial charge is 0.392 e. The molecule has 3 unspecified atom stereocenters. The van der Waals surface area contributed by atoms with Crippen molar-refractivity contribution in [3.63, 3.8) is 0 Å². The normalized spacial score (nSPS) is 56.0. The molecule has 0 bridgehead atoms. The molecular formula is C20H33NO2. The number of aliphatic hydroxyl groups is 1. The minimum atomic E-state index is -0.116. The Hall–Kier alpha value is -0.570. The minimum Gasteiger partial charge on any atom is -0.392 e. The van der Waals surface area contributed by atoms with Crippen LogP contribution in [0, 0.1) is 34.5 Å². The van der Waals surface area contributed by atoms with Gasteiger partial charge in [-0.15, -0.1) is 0 Å². The number of hydrogen-bond donors (Lipinski definition) is 1. The van der Waals surface area contributed by atoms with Crippen molar-refractivity contribution in [1.29, 1.82) is 0 Å². The zero-order valence-corrected chi connectivity index (χ0v) is 15.2. The van der Waals surface area contributed by atoms with Gasteiger partial charge in [-0.2, -0.15) is 0 Å². The lowest BCUT2D eigenvalue weighted by Crippen LogP contribution is -2.61. The van der Waals surface area contributed by atoms with Gasteiger partial charge in [0.15, 0.2) is 0 Å². The second-order valence-corrected chi connectivity index (χ2v) is 9.68. The zero-order valence-electron chi connectivity index (χ0n) is 15.2. The highest BCUT2D eigenvalue weighted by molar-refractivity contribution is 5.77. The van der Waals surface area contributed by atoms with Gasteiger partial charge in [0.2, 0.25) is 5.91 Å². The third kappa shape index (κ3) is 1.95. The van der Waals surface area contributed by atoms with E-state index in [1.54, 1.807) is 0 Å². The number of fused-ring (bicyclic) bond motifs is 5. The van der Waals surface area contributed by atoms with E-state index in [0.717, 1.165) is 31.1 Å². The number of rotatable bonds is 0. The van der Waals surface area contributed by atoms with Crippen molar-refractivity contribution in [2.75, 3.05) is 7.05 Å². The Morgan fingerprint density at radius 2 is 1.83 bits per heavy atom. The summed E-state index contributed by atoms with van der Waals surface area (Å²) in [4.78, 5) is 14.2. The lowest BCUT2D eigenvalue weighted by molar-refractivity contribution is -0.160. The molecular weight excluding hydrogens is 286 g/mol. The van der Waals surface area contributed by atoms with Crippen LogP contribution in [0.25, 0.3) is 0 Å². The third-order valence-electron chi connectivity index (χ3n) is 8.84. The summed E-state index contributed by atoms with van der Waals surface area (Å²) in [7, 11) is 2.03. The van der Waals surface area contributed by atoms with Crippen LogP contribution in [0.2, 0.25) is 0 Å². The summed E-state index contributed by atoms with van der Waals surface area (Å²) < 4.78 is 0. The summed E-state index contributed by atoms with van der Waals surface area (Å²) in [5.74, 6) is 2.98. The predicted molar refractivity (Wildman–Crippen MR) is 90.7 cm³/mol. The van der Waals surface area contributed by atoms with Crippen LogP contribution < -0.4 is 0 Å². The lowest BCUT2D eigenvalue weighted by Gasteiger charge is -2.61. The average Bonchev–Trinajstić information content (AvgIpc) is 2.75. The summed E-state index contributed by atoms with van der Waals surface area (Å²) >= 11 is 0. The van der Waals surface area contributed by atoms with E-state index < -0.39 is 0 Å². The SMILES string of the molecule is C[C@H]1CC2C3CC[C@H]4N(C)C(=O)CC[C@]4(C)C3CC[C@]2(C)[C@H]1O. The standard InChI is InChI=1S/C20H33NO2/c1-12-11-15-13-5-6-16-19(2,10-8-17(22)21(16)4)14(13)7-9-20(15,3)18(12)23/h12-16,18,23H,5-11H2,1-4H3/t12-,13?,14?,15?,16+,18-,19+,20-/m0/s1. The second kappa shape index (κ2) is 4.97. The maximum absolute atomic E-state index is 12.2. The second-order valence-electron chi connectivity index (χ2n) is 9.68. The van der Waals surface area contributed by atoms with E-state index in [4.69, 9.17) is 0 Å². The summed E-state index contributed by atoms with van der Waals surface area (Å²) in [6.45, 7) is 7.06. The van der Waals surface area contributed by atoms with Gasteiger partial charge in [-0.05, 0) is 73.0 Å². The van der Waals surface area contributed by atoms with Crippen LogP contribution in [-0.2, 0) is 4.79 Å². The summed E-state index contributed by atoms with van der Waals surface area (Å²) in [6.07, 6.45) is 7.72. The molecule has 1 N–H and O–H groups in total. The fraction of sp³-hybridized carbons (Fsp3) is 0.950. The molecule has 23 heavy (non-hydrogen) atoms. The van der Waals surface area contributed by atoms with E-state index in [1.165, 1.54) is 25.7 Å². The first kappa shape index (κ1) is 15.9. The third-order valence-corrected chi connectivity index (χ3v) is 8.84. The lowest BCUT2D eigenvalue weighted by atomic mass is 9.47. The molecule has 3 aliphatic carbocycles. The van der Waals surface area contributed by atoms with E-state index in [-0.39, 0.29) is 11.5 Å². The Morgan fingerprint density at radius 1 is 1.09 bits per heavy atom. The molecule has 0 aromatic heterocycles.